The molecule has 0 aliphatic rings. The third-order valence-electron chi connectivity index (χ3n) is 4.02. The standard InChI is InChI=1S/C20H18N2O3/c1-23-15-6-4-7-16(14-15)24-13-11-22-18-9-3-2-8-17(18)21-20(22)19-10-5-12-25-19/h2-10,12,14H,11,13H2,1H3. The number of benzene rings is 2. The number of hydrogen-bond donors (Lipinski definition) is 0. The molecule has 25 heavy (non-hydrogen) atoms. The lowest BCUT2D eigenvalue weighted by atomic mass is 10.3. The number of ether oxygens (including phenoxy) is 2. The van der Waals surface area contributed by atoms with E-state index in [1.54, 1.807) is 13.4 Å². The molecule has 0 N–H and O–H groups in total. The van der Waals surface area contributed by atoms with Gasteiger partial charge in [0.15, 0.2) is 11.6 Å². The fourth-order valence-electron chi connectivity index (χ4n) is 2.84. The first-order valence-corrected chi connectivity index (χ1v) is 8.11. The Kier molecular flexibility index (Phi) is 4.12. The minimum absolute atomic E-state index is 0.515. The Balaban J connectivity index is 1.59. The lowest BCUT2D eigenvalue weighted by molar-refractivity contribution is 0.298. The monoisotopic (exact) mass is 334 g/mol. The van der Waals surface area contributed by atoms with Crippen LogP contribution in [0.1, 0.15) is 0 Å². The van der Waals surface area contributed by atoms with E-state index in [9.17, 15) is 0 Å². The Hall–Kier alpha value is -3.21. The van der Waals surface area contributed by atoms with Crippen molar-refractivity contribution >= 4 is 11.0 Å². The van der Waals surface area contributed by atoms with Gasteiger partial charge in [0.1, 0.15) is 18.1 Å². The van der Waals surface area contributed by atoms with E-state index in [-0.39, 0.29) is 0 Å². The van der Waals surface area contributed by atoms with Crippen LogP contribution in [0.5, 0.6) is 11.5 Å². The van der Waals surface area contributed by atoms with Gasteiger partial charge in [0.05, 0.1) is 31.0 Å². The lowest BCUT2D eigenvalue weighted by Gasteiger charge is -2.10. The molecular weight excluding hydrogens is 316 g/mol. The molecule has 0 bridgehead atoms. The maximum atomic E-state index is 5.88. The minimum Gasteiger partial charge on any atom is -0.497 e. The molecule has 0 unspecified atom stereocenters. The Morgan fingerprint density at radius 2 is 1.88 bits per heavy atom. The summed E-state index contributed by atoms with van der Waals surface area (Å²) in [6, 6.07) is 19.4. The SMILES string of the molecule is COc1cccc(OCCn2c(-c3ccco3)nc3ccccc32)c1. The van der Waals surface area contributed by atoms with E-state index in [0.717, 1.165) is 34.1 Å². The van der Waals surface area contributed by atoms with E-state index in [1.807, 2.05) is 54.6 Å². The van der Waals surface area contributed by atoms with E-state index >= 15 is 0 Å². The molecule has 5 heteroatoms. The van der Waals surface area contributed by atoms with Crippen molar-refractivity contribution in [1.29, 1.82) is 0 Å². The first-order valence-electron chi connectivity index (χ1n) is 8.11. The highest BCUT2D eigenvalue weighted by Gasteiger charge is 2.14. The molecule has 5 nitrogen and oxygen atoms in total. The van der Waals surface area contributed by atoms with Crippen LogP contribution in [-0.4, -0.2) is 23.3 Å². The van der Waals surface area contributed by atoms with Gasteiger partial charge in [-0.15, -0.1) is 0 Å². The van der Waals surface area contributed by atoms with Crippen LogP contribution in [0.15, 0.2) is 71.3 Å². The number of hydrogen-bond acceptors (Lipinski definition) is 4. The van der Waals surface area contributed by atoms with Gasteiger partial charge in [0.25, 0.3) is 0 Å². The number of para-hydroxylation sites is 2. The molecule has 4 aromatic rings. The average Bonchev–Trinajstić information content (AvgIpc) is 3.30. The average molecular weight is 334 g/mol. The second-order valence-electron chi connectivity index (χ2n) is 5.58. The van der Waals surface area contributed by atoms with Gasteiger partial charge in [0.2, 0.25) is 0 Å². The largest absolute Gasteiger partial charge is 0.497 e. The number of aromatic nitrogens is 2. The topological polar surface area (TPSA) is 49.4 Å². The zero-order chi connectivity index (χ0) is 17.1. The molecule has 2 aromatic heterocycles. The fraction of sp³-hybridized carbons (Fsp3) is 0.150. The van der Waals surface area contributed by atoms with Crippen molar-refractivity contribution in [2.24, 2.45) is 0 Å². The second-order valence-corrected chi connectivity index (χ2v) is 5.58. The molecule has 0 fully saturated rings. The van der Waals surface area contributed by atoms with Crippen molar-refractivity contribution in [2.45, 2.75) is 6.54 Å². The Morgan fingerprint density at radius 1 is 1.00 bits per heavy atom. The first kappa shape index (κ1) is 15.3. The number of methoxy groups -OCH3 is 1. The van der Waals surface area contributed by atoms with Crippen molar-refractivity contribution < 1.29 is 13.9 Å². The summed E-state index contributed by atoms with van der Waals surface area (Å²) in [5.41, 5.74) is 2.00. The quantitative estimate of drug-likeness (QED) is 0.525. The van der Waals surface area contributed by atoms with Crippen LogP contribution >= 0.6 is 0 Å². The van der Waals surface area contributed by atoms with Crippen molar-refractivity contribution in [2.75, 3.05) is 13.7 Å². The number of imidazole rings is 1. The van der Waals surface area contributed by atoms with Crippen LogP contribution in [0.2, 0.25) is 0 Å². The Morgan fingerprint density at radius 3 is 2.72 bits per heavy atom. The summed E-state index contributed by atoms with van der Waals surface area (Å²) >= 11 is 0. The molecule has 126 valence electrons. The van der Waals surface area contributed by atoms with E-state index in [0.29, 0.717) is 13.2 Å². The van der Waals surface area contributed by atoms with Gasteiger partial charge in [-0.05, 0) is 36.4 Å². The molecule has 0 saturated heterocycles. The third kappa shape index (κ3) is 3.08. The first-order chi connectivity index (χ1) is 12.3. The zero-order valence-corrected chi connectivity index (χ0v) is 13.9. The van der Waals surface area contributed by atoms with Crippen LogP contribution in [0.25, 0.3) is 22.6 Å². The lowest BCUT2D eigenvalue weighted by Crippen LogP contribution is -2.09. The molecule has 0 amide bonds. The van der Waals surface area contributed by atoms with Gasteiger partial charge >= 0.3 is 0 Å². The highest BCUT2D eigenvalue weighted by Crippen LogP contribution is 2.25. The van der Waals surface area contributed by atoms with Gasteiger partial charge in [-0.25, -0.2) is 4.98 Å². The predicted molar refractivity (Wildman–Crippen MR) is 95.9 cm³/mol. The van der Waals surface area contributed by atoms with Crippen molar-refractivity contribution in [3.05, 3.63) is 66.9 Å². The maximum Gasteiger partial charge on any atom is 0.177 e. The molecule has 0 spiro atoms. The minimum atomic E-state index is 0.515. The van der Waals surface area contributed by atoms with Crippen LogP contribution in [0.4, 0.5) is 0 Å². The molecule has 0 atom stereocenters. The van der Waals surface area contributed by atoms with Crippen molar-refractivity contribution in [3.8, 4) is 23.1 Å². The number of nitrogens with zero attached hydrogens (tertiary/aromatic N) is 2. The summed E-state index contributed by atoms with van der Waals surface area (Å²) < 4.78 is 18.8. The van der Waals surface area contributed by atoms with E-state index in [2.05, 4.69) is 10.6 Å². The highest BCUT2D eigenvalue weighted by atomic mass is 16.5. The van der Waals surface area contributed by atoms with Crippen LogP contribution in [0.3, 0.4) is 0 Å². The normalized spacial score (nSPS) is 10.9. The summed E-state index contributed by atoms with van der Waals surface area (Å²) in [5, 5.41) is 0. The number of fused-ring (bicyclic) bond motifs is 1. The van der Waals surface area contributed by atoms with Crippen molar-refractivity contribution in [1.82, 2.24) is 9.55 Å². The molecule has 0 radical (unpaired) electrons. The second kappa shape index (κ2) is 6.73. The van der Waals surface area contributed by atoms with Crippen LogP contribution < -0.4 is 9.47 Å². The summed E-state index contributed by atoms with van der Waals surface area (Å²) in [7, 11) is 1.65. The summed E-state index contributed by atoms with van der Waals surface area (Å²) in [6.45, 7) is 1.18. The Bertz CT molecular complexity index is 974. The molecule has 0 aliphatic carbocycles. The van der Waals surface area contributed by atoms with Gasteiger partial charge in [-0.2, -0.15) is 0 Å². The van der Waals surface area contributed by atoms with E-state index < -0.39 is 0 Å². The van der Waals surface area contributed by atoms with Crippen LogP contribution in [0, 0.1) is 0 Å². The van der Waals surface area contributed by atoms with Crippen molar-refractivity contribution in [3.63, 3.8) is 0 Å². The molecule has 0 aliphatic heterocycles. The predicted octanol–water partition coefficient (Wildman–Crippen LogP) is 4.38. The smallest absolute Gasteiger partial charge is 0.177 e. The summed E-state index contributed by atoms with van der Waals surface area (Å²) in [6.07, 6.45) is 1.66. The fourth-order valence-corrected chi connectivity index (χ4v) is 2.84. The molecule has 2 heterocycles. The van der Waals surface area contributed by atoms with Gasteiger partial charge < -0.3 is 18.5 Å². The molecule has 4 rings (SSSR count). The van der Waals surface area contributed by atoms with E-state index in [1.165, 1.54) is 0 Å². The third-order valence-corrected chi connectivity index (χ3v) is 4.02. The highest BCUT2D eigenvalue weighted by molar-refractivity contribution is 5.79. The number of rotatable bonds is 6. The summed E-state index contributed by atoms with van der Waals surface area (Å²) in [4.78, 5) is 4.70. The van der Waals surface area contributed by atoms with Gasteiger partial charge in [-0.1, -0.05) is 18.2 Å². The maximum absolute atomic E-state index is 5.88. The van der Waals surface area contributed by atoms with Gasteiger partial charge in [-0.3, -0.25) is 0 Å². The Labute approximate surface area is 145 Å². The number of furan rings is 1. The summed E-state index contributed by atoms with van der Waals surface area (Å²) in [5.74, 6) is 3.11. The molecule has 0 saturated carbocycles. The molecular formula is C20H18N2O3. The van der Waals surface area contributed by atoms with Gasteiger partial charge in [0, 0.05) is 6.07 Å². The van der Waals surface area contributed by atoms with Crippen LogP contribution in [-0.2, 0) is 6.54 Å². The van der Waals surface area contributed by atoms with E-state index in [4.69, 9.17) is 18.9 Å². The molecule has 2 aromatic carbocycles. The zero-order valence-electron chi connectivity index (χ0n) is 13.9.